The number of aliphatic imine (C=N–C) groups is 1. The maximum Gasteiger partial charge on any atom is 0.213 e. The highest BCUT2D eigenvalue weighted by molar-refractivity contribution is 5.79. The van der Waals surface area contributed by atoms with E-state index in [-0.39, 0.29) is 0 Å². The van der Waals surface area contributed by atoms with Crippen molar-refractivity contribution in [3.8, 4) is 5.88 Å². The summed E-state index contributed by atoms with van der Waals surface area (Å²) >= 11 is 0. The predicted octanol–water partition coefficient (Wildman–Crippen LogP) is 3.13. The Morgan fingerprint density at radius 2 is 1.96 bits per heavy atom. The molecule has 0 aliphatic carbocycles. The number of benzene rings is 1. The van der Waals surface area contributed by atoms with Gasteiger partial charge in [0, 0.05) is 32.4 Å². The molecule has 0 atom stereocenters. The van der Waals surface area contributed by atoms with E-state index in [9.17, 15) is 0 Å². The first-order valence-electron chi connectivity index (χ1n) is 8.38. The maximum absolute atomic E-state index is 5.76. The zero-order valence-corrected chi connectivity index (χ0v) is 14.5. The van der Waals surface area contributed by atoms with Gasteiger partial charge in [-0.15, -0.1) is 0 Å². The molecule has 128 valence electrons. The molecule has 1 aromatic carbocycles. The van der Waals surface area contributed by atoms with Crippen molar-refractivity contribution in [1.29, 1.82) is 0 Å². The minimum atomic E-state index is 0.519. The Kier molecular flexibility index (Phi) is 7.60. The molecule has 24 heavy (non-hydrogen) atoms. The molecule has 0 radical (unpaired) electrons. The molecular formula is C19H26N4O. The van der Waals surface area contributed by atoms with Crippen LogP contribution in [0.25, 0.3) is 0 Å². The molecule has 0 saturated heterocycles. The van der Waals surface area contributed by atoms with E-state index in [4.69, 9.17) is 4.74 Å². The van der Waals surface area contributed by atoms with E-state index in [2.05, 4.69) is 27.5 Å². The third kappa shape index (κ3) is 6.28. The van der Waals surface area contributed by atoms with E-state index < -0.39 is 0 Å². The summed E-state index contributed by atoms with van der Waals surface area (Å²) in [5.74, 6) is 1.44. The van der Waals surface area contributed by atoms with Crippen LogP contribution in [0, 0.1) is 0 Å². The fourth-order valence-corrected chi connectivity index (χ4v) is 2.16. The molecule has 0 bridgehead atoms. The van der Waals surface area contributed by atoms with Crippen molar-refractivity contribution in [3.05, 3.63) is 59.8 Å². The Hall–Kier alpha value is -2.56. The molecule has 1 aromatic heterocycles. The van der Waals surface area contributed by atoms with Crippen LogP contribution < -0.4 is 15.4 Å². The summed E-state index contributed by atoms with van der Waals surface area (Å²) in [4.78, 5) is 8.49. The van der Waals surface area contributed by atoms with Gasteiger partial charge in [0.15, 0.2) is 5.96 Å². The van der Waals surface area contributed by atoms with Gasteiger partial charge < -0.3 is 15.4 Å². The van der Waals surface area contributed by atoms with Crippen LogP contribution in [0.3, 0.4) is 0 Å². The average molecular weight is 326 g/mol. The van der Waals surface area contributed by atoms with E-state index in [1.54, 1.807) is 13.2 Å². The first-order valence-corrected chi connectivity index (χ1v) is 8.38. The highest BCUT2D eigenvalue weighted by Crippen LogP contribution is 2.11. The van der Waals surface area contributed by atoms with Crippen LogP contribution in [0.2, 0.25) is 0 Å². The zero-order chi connectivity index (χ0) is 17.0. The van der Waals surface area contributed by atoms with Gasteiger partial charge in [-0.1, -0.05) is 43.7 Å². The Bertz CT molecular complexity index is 628. The summed E-state index contributed by atoms with van der Waals surface area (Å²) in [6.45, 7) is 4.30. The summed E-state index contributed by atoms with van der Waals surface area (Å²) in [5.41, 5.74) is 2.23. The molecule has 1 heterocycles. The topological polar surface area (TPSA) is 58.5 Å². The molecule has 0 unspecified atom stereocenters. The summed E-state index contributed by atoms with van der Waals surface area (Å²) < 4.78 is 5.76. The Morgan fingerprint density at radius 1 is 1.12 bits per heavy atom. The number of rotatable bonds is 8. The van der Waals surface area contributed by atoms with Crippen molar-refractivity contribution in [2.45, 2.75) is 32.9 Å². The molecule has 5 heteroatoms. The molecule has 0 fully saturated rings. The molecule has 2 N–H and O–H groups in total. The van der Waals surface area contributed by atoms with E-state index in [0.717, 1.165) is 36.5 Å². The first-order chi connectivity index (χ1) is 11.8. The van der Waals surface area contributed by atoms with Gasteiger partial charge in [0.2, 0.25) is 5.88 Å². The van der Waals surface area contributed by atoms with Gasteiger partial charge in [-0.25, -0.2) is 4.98 Å². The van der Waals surface area contributed by atoms with Crippen molar-refractivity contribution in [1.82, 2.24) is 15.6 Å². The zero-order valence-electron chi connectivity index (χ0n) is 14.5. The van der Waals surface area contributed by atoms with Gasteiger partial charge in [-0.05, 0) is 23.6 Å². The van der Waals surface area contributed by atoms with E-state index >= 15 is 0 Å². The lowest BCUT2D eigenvalue weighted by molar-refractivity contribution is 0.293. The van der Waals surface area contributed by atoms with Gasteiger partial charge in [-0.3, -0.25) is 4.99 Å². The summed E-state index contributed by atoms with van der Waals surface area (Å²) in [6, 6.07) is 14.0. The highest BCUT2D eigenvalue weighted by atomic mass is 16.5. The standard InChI is InChI=1S/C19H26N4O/c1-3-4-11-22-19(20-2)23-14-17-10-12-21-18(13-17)24-15-16-8-6-5-7-9-16/h5-10,12-13H,3-4,11,14-15H2,1-2H3,(H2,20,22,23). The van der Waals surface area contributed by atoms with Crippen LogP contribution in [0.15, 0.2) is 53.7 Å². The Morgan fingerprint density at radius 3 is 2.71 bits per heavy atom. The van der Waals surface area contributed by atoms with Gasteiger partial charge in [0.1, 0.15) is 6.61 Å². The average Bonchev–Trinajstić information content (AvgIpc) is 2.64. The SMILES string of the molecule is CCCCNC(=NC)NCc1ccnc(OCc2ccccc2)c1. The molecule has 2 aromatic rings. The van der Waals surface area contributed by atoms with Crippen LogP contribution >= 0.6 is 0 Å². The smallest absolute Gasteiger partial charge is 0.213 e. The summed E-state index contributed by atoms with van der Waals surface area (Å²) in [5, 5.41) is 6.60. The second kappa shape index (κ2) is 10.3. The second-order valence-corrected chi connectivity index (χ2v) is 5.48. The number of hydrogen-bond donors (Lipinski definition) is 2. The third-order valence-corrected chi connectivity index (χ3v) is 3.54. The van der Waals surface area contributed by atoms with Crippen LogP contribution in [0.1, 0.15) is 30.9 Å². The van der Waals surface area contributed by atoms with Gasteiger partial charge in [0.05, 0.1) is 0 Å². The third-order valence-electron chi connectivity index (χ3n) is 3.54. The molecule has 5 nitrogen and oxygen atoms in total. The van der Waals surface area contributed by atoms with E-state index in [1.807, 2.05) is 42.5 Å². The molecule has 0 aliphatic rings. The number of aromatic nitrogens is 1. The van der Waals surface area contributed by atoms with Gasteiger partial charge in [-0.2, -0.15) is 0 Å². The molecule has 0 aliphatic heterocycles. The lowest BCUT2D eigenvalue weighted by Gasteiger charge is -2.12. The van der Waals surface area contributed by atoms with Gasteiger partial charge in [0.25, 0.3) is 0 Å². The lowest BCUT2D eigenvalue weighted by Crippen LogP contribution is -2.37. The number of nitrogens with zero attached hydrogens (tertiary/aromatic N) is 2. The Balaban J connectivity index is 1.83. The second-order valence-electron chi connectivity index (χ2n) is 5.48. The Labute approximate surface area is 144 Å². The minimum absolute atomic E-state index is 0.519. The molecule has 0 spiro atoms. The number of unbranched alkanes of at least 4 members (excludes halogenated alkanes) is 1. The molecule has 0 amide bonds. The maximum atomic E-state index is 5.76. The highest BCUT2D eigenvalue weighted by Gasteiger charge is 2.01. The van der Waals surface area contributed by atoms with Crippen molar-refractivity contribution in [2.75, 3.05) is 13.6 Å². The molecule has 2 rings (SSSR count). The largest absolute Gasteiger partial charge is 0.473 e. The summed E-state index contributed by atoms with van der Waals surface area (Å²) in [7, 11) is 1.78. The number of pyridine rings is 1. The molecular weight excluding hydrogens is 300 g/mol. The van der Waals surface area contributed by atoms with Crippen LogP contribution in [0.5, 0.6) is 5.88 Å². The van der Waals surface area contributed by atoms with Crippen molar-refractivity contribution in [3.63, 3.8) is 0 Å². The number of ether oxygens (including phenoxy) is 1. The number of hydrogen-bond acceptors (Lipinski definition) is 3. The van der Waals surface area contributed by atoms with Crippen LogP contribution in [-0.2, 0) is 13.2 Å². The number of nitrogens with one attached hydrogen (secondary N) is 2. The monoisotopic (exact) mass is 326 g/mol. The van der Waals surface area contributed by atoms with Crippen molar-refractivity contribution < 1.29 is 4.74 Å². The van der Waals surface area contributed by atoms with Gasteiger partial charge >= 0.3 is 0 Å². The predicted molar refractivity (Wildman–Crippen MR) is 98.1 cm³/mol. The normalized spacial score (nSPS) is 11.2. The fraction of sp³-hybridized carbons (Fsp3) is 0.368. The fourth-order valence-electron chi connectivity index (χ4n) is 2.16. The minimum Gasteiger partial charge on any atom is -0.473 e. The number of guanidine groups is 1. The van der Waals surface area contributed by atoms with E-state index in [1.165, 1.54) is 0 Å². The summed E-state index contributed by atoms with van der Waals surface area (Å²) in [6.07, 6.45) is 4.06. The van der Waals surface area contributed by atoms with Crippen molar-refractivity contribution >= 4 is 5.96 Å². The van der Waals surface area contributed by atoms with Crippen LogP contribution in [0.4, 0.5) is 0 Å². The lowest BCUT2D eigenvalue weighted by atomic mass is 10.2. The van der Waals surface area contributed by atoms with Crippen molar-refractivity contribution in [2.24, 2.45) is 4.99 Å². The first kappa shape index (κ1) is 17.8. The molecule has 0 saturated carbocycles. The van der Waals surface area contributed by atoms with E-state index in [0.29, 0.717) is 19.0 Å². The van der Waals surface area contributed by atoms with Crippen LogP contribution in [-0.4, -0.2) is 24.5 Å². The quantitative estimate of drug-likeness (QED) is 0.444.